The van der Waals surface area contributed by atoms with Crippen LogP contribution in [-0.2, 0) is 6.42 Å². The molecule has 0 unspecified atom stereocenters. The van der Waals surface area contributed by atoms with Crippen molar-refractivity contribution < 1.29 is 4.74 Å². The SMILES string of the molecule is COc1ccc2cccc(Cc3nc(C)cs3)c2c1. The molecular formula is C16H15NOS. The number of methoxy groups -OCH3 is 1. The van der Waals surface area contributed by atoms with Crippen molar-refractivity contribution in [3.8, 4) is 5.75 Å². The molecular weight excluding hydrogens is 254 g/mol. The fraction of sp³-hybridized carbons (Fsp3) is 0.188. The number of benzene rings is 2. The quantitative estimate of drug-likeness (QED) is 0.710. The molecule has 0 amide bonds. The van der Waals surface area contributed by atoms with Crippen molar-refractivity contribution in [2.75, 3.05) is 7.11 Å². The van der Waals surface area contributed by atoms with Crippen molar-refractivity contribution in [1.29, 1.82) is 0 Å². The Bertz CT molecular complexity index is 718. The molecule has 0 aliphatic rings. The average molecular weight is 269 g/mol. The largest absolute Gasteiger partial charge is 0.497 e. The van der Waals surface area contributed by atoms with Gasteiger partial charge in [-0.15, -0.1) is 11.3 Å². The van der Waals surface area contributed by atoms with Crippen molar-refractivity contribution in [2.24, 2.45) is 0 Å². The van der Waals surface area contributed by atoms with Crippen LogP contribution in [0, 0.1) is 6.92 Å². The van der Waals surface area contributed by atoms with Gasteiger partial charge in [0.25, 0.3) is 0 Å². The lowest BCUT2D eigenvalue weighted by atomic mass is 10.0. The molecule has 0 N–H and O–H groups in total. The van der Waals surface area contributed by atoms with E-state index in [1.807, 2.05) is 13.0 Å². The molecule has 0 saturated heterocycles. The normalized spacial score (nSPS) is 10.8. The van der Waals surface area contributed by atoms with Crippen molar-refractivity contribution in [1.82, 2.24) is 4.98 Å². The van der Waals surface area contributed by atoms with E-state index in [0.717, 1.165) is 22.9 Å². The molecule has 0 bridgehead atoms. The third-order valence-corrected chi connectivity index (χ3v) is 4.15. The Hall–Kier alpha value is -1.87. The number of nitrogens with zero attached hydrogens (tertiary/aromatic N) is 1. The molecule has 2 nitrogen and oxygen atoms in total. The van der Waals surface area contributed by atoms with Gasteiger partial charge in [0.05, 0.1) is 12.1 Å². The molecule has 0 atom stereocenters. The molecule has 0 aliphatic carbocycles. The lowest BCUT2D eigenvalue weighted by molar-refractivity contribution is 0.415. The van der Waals surface area contributed by atoms with Crippen LogP contribution in [0.5, 0.6) is 5.75 Å². The van der Waals surface area contributed by atoms with E-state index in [9.17, 15) is 0 Å². The first kappa shape index (κ1) is 12.2. The van der Waals surface area contributed by atoms with Gasteiger partial charge in [0.2, 0.25) is 0 Å². The van der Waals surface area contributed by atoms with Crippen LogP contribution in [0.1, 0.15) is 16.3 Å². The fourth-order valence-corrected chi connectivity index (χ4v) is 3.04. The molecule has 19 heavy (non-hydrogen) atoms. The zero-order chi connectivity index (χ0) is 13.2. The summed E-state index contributed by atoms with van der Waals surface area (Å²) in [4.78, 5) is 4.54. The molecule has 0 saturated carbocycles. The third kappa shape index (κ3) is 2.47. The number of thiazole rings is 1. The van der Waals surface area contributed by atoms with Crippen LogP contribution in [0.4, 0.5) is 0 Å². The number of aryl methyl sites for hydroxylation is 1. The molecule has 1 aromatic heterocycles. The molecule has 0 radical (unpaired) electrons. The van der Waals surface area contributed by atoms with Crippen LogP contribution in [0.15, 0.2) is 41.8 Å². The Morgan fingerprint density at radius 2 is 2.11 bits per heavy atom. The van der Waals surface area contributed by atoms with E-state index in [1.165, 1.54) is 16.3 Å². The minimum atomic E-state index is 0.878. The second-order valence-corrected chi connectivity index (χ2v) is 5.51. The van der Waals surface area contributed by atoms with Crippen molar-refractivity contribution in [3.63, 3.8) is 0 Å². The maximum Gasteiger partial charge on any atom is 0.119 e. The highest BCUT2D eigenvalue weighted by Gasteiger charge is 2.06. The predicted octanol–water partition coefficient (Wildman–Crippen LogP) is 4.20. The Kier molecular flexibility index (Phi) is 3.22. The van der Waals surface area contributed by atoms with Crippen LogP contribution >= 0.6 is 11.3 Å². The monoisotopic (exact) mass is 269 g/mol. The van der Waals surface area contributed by atoms with Crippen LogP contribution < -0.4 is 4.74 Å². The lowest BCUT2D eigenvalue weighted by Gasteiger charge is -2.07. The minimum absolute atomic E-state index is 0.878. The molecule has 96 valence electrons. The summed E-state index contributed by atoms with van der Waals surface area (Å²) < 4.78 is 5.32. The maximum atomic E-state index is 5.32. The van der Waals surface area contributed by atoms with Crippen LogP contribution in [0.2, 0.25) is 0 Å². The molecule has 3 heteroatoms. The molecule has 1 heterocycles. The van der Waals surface area contributed by atoms with Crippen molar-refractivity contribution >= 4 is 22.1 Å². The van der Waals surface area contributed by atoms with E-state index >= 15 is 0 Å². The highest BCUT2D eigenvalue weighted by Crippen LogP contribution is 2.26. The summed E-state index contributed by atoms with van der Waals surface area (Å²) in [5.74, 6) is 0.898. The number of rotatable bonds is 3. The van der Waals surface area contributed by atoms with Gasteiger partial charge >= 0.3 is 0 Å². The number of ether oxygens (including phenoxy) is 1. The van der Waals surface area contributed by atoms with E-state index in [0.29, 0.717) is 0 Å². The van der Waals surface area contributed by atoms with Gasteiger partial charge in [-0.25, -0.2) is 4.98 Å². The van der Waals surface area contributed by atoms with Gasteiger partial charge in [0.15, 0.2) is 0 Å². The summed E-state index contributed by atoms with van der Waals surface area (Å²) in [6.45, 7) is 2.03. The van der Waals surface area contributed by atoms with Gasteiger partial charge in [-0.05, 0) is 35.4 Å². The van der Waals surface area contributed by atoms with Gasteiger partial charge in [0.1, 0.15) is 5.75 Å². The van der Waals surface area contributed by atoms with Gasteiger partial charge < -0.3 is 4.74 Å². The van der Waals surface area contributed by atoms with E-state index in [2.05, 4.69) is 40.7 Å². The zero-order valence-electron chi connectivity index (χ0n) is 11.0. The molecule has 3 rings (SSSR count). The Balaban J connectivity index is 2.06. The van der Waals surface area contributed by atoms with Gasteiger partial charge in [-0.2, -0.15) is 0 Å². The van der Waals surface area contributed by atoms with E-state index in [4.69, 9.17) is 4.74 Å². The minimum Gasteiger partial charge on any atom is -0.497 e. The Morgan fingerprint density at radius 3 is 2.84 bits per heavy atom. The summed E-state index contributed by atoms with van der Waals surface area (Å²) in [6, 6.07) is 12.6. The highest BCUT2D eigenvalue weighted by molar-refractivity contribution is 7.09. The number of fused-ring (bicyclic) bond motifs is 1. The Labute approximate surface area is 116 Å². The van der Waals surface area contributed by atoms with Gasteiger partial charge in [-0.3, -0.25) is 0 Å². The van der Waals surface area contributed by atoms with Crippen LogP contribution in [0.3, 0.4) is 0 Å². The second kappa shape index (κ2) is 5.02. The first-order valence-corrected chi connectivity index (χ1v) is 7.11. The number of aromatic nitrogens is 1. The molecule has 3 aromatic rings. The summed E-state index contributed by atoms with van der Waals surface area (Å²) in [5, 5.41) is 5.75. The Morgan fingerprint density at radius 1 is 1.21 bits per heavy atom. The van der Waals surface area contributed by atoms with E-state index < -0.39 is 0 Å². The van der Waals surface area contributed by atoms with Crippen LogP contribution in [0.25, 0.3) is 10.8 Å². The first-order chi connectivity index (χ1) is 9.26. The van der Waals surface area contributed by atoms with Gasteiger partial charge in [-0.1, -0.05) is 24.3 Å². The standard InChI is InChI=1S/C16H15NOS/c1-11-10-19-16(17-11)8-13-5-3-4-12-6-7-14(18-2)9-15(12)13/h3-7,9-10H,8H2,1-2H3. The third-order valence-electron chi connectivity index (χ3n) is 3.19. The fourth-order valence-electron chi connectivity index (χ4n) is 2.24. The van der Waals surface area contributed by atoms with Crippen molar-refractivity contribution in [2.45, 2.75) is 13.3 Å². The predicted molar refractivity (Wildman–Crippen MR) is 80.2 cm³/mol. The topological polar surface area (TPSA) is 22.1 Å². The molecule has 2 aromatic carbocycles. The average Bonchev–Trinajstić information content (AvgIpc) is 2.84. The molecule has 0 aliphatic heterocycles. The summed E-state index contributed by atoms with van der Waals surface area (Å²) >= 11 is 1.72. The summed E-state index contributed by atoms with van der Waals surface area (Å²) in [6.07, 6.45) is 0.878. The summed E-state index contributed by atoms with van der Waals surface area (Å²) in [5.41, 5.74) is 2.39. The number of hydrogen-bond donors (Lipinski definition) is 0. The first-order valence-electron chi connectivity index (χ1n) is 6.23. The highest BCUT2D eigenvalue weighted by atomic mass is 32.1. The summed E-state index contributed by atoms with van der Waals surface area (Å²) in [7, 11) is 1.70. The van der Waals surface area contributed by atoms with Crippen LogP contribution in [-0.4, -0.2) is 12.1 Å². The van der Waals surface area contributed by atoms with E-state index in [-0.39, 0.29) is 0 Å². The maximum absolute atomic E-state index is 5.32. The van der Waals surface area contributed by atoms with Gasteiger partial charge in [0, 0.05) is 17.5 Å². The zero-order valence-corrected chi connectivity index (χ0v) is 11.8. The smallest absolute Gasteiger partial charge is 0.119 e. The molecule has 0 fully saturated rings. The molecule has 0 spiro atoms. The van der Waals surface area contributed by atoms with Crippen molar-refractivity contribution in [3.05, 3.63) is 58.0 Å². The number of hydrogen-bond acceptors (Lipinski definition) is 3. The van der Waals surface area contributed by atoms with E-state index in [1.54, 1.807) is 18.4 Å². The lowest BCUT2D eigenvalue weighted by Crippen LogP contribution is -1.90. The second-order valence-electron chi connectivity index (χ2n) is 4.56.